The van der Waals surface area contributed by atoms with Crippen LogP contribution in [0.1, 0.15) is 85.0 Å². The second kappa shape index (κ2) is 28.0. The van der Waals surface area contributed by atoms with Crippen LogP contribution < -0.4 is 59.3 Å². The molecule has 2 heterocycles. The molecule has 360 valence electrons. The van der Waals surface area contributed by atoms with Gasteiger partial charge >= 0.3 is 5.97 Å². The van der Waals surface area contributed by atoms with Gasteiger partial charge in [-0.25, -0.2) is 4.79 Å². The molecule has 15 N–H and O–H groups in total. The van der Waals surface area contributed by atoms with Crippen molar-refractivity contribution in [2.24, 2.45) is 17.4 Å². The molecule has 10 amide bonds. The fourth-order valence-electron chi connectivity index (χ4n) is 6.86. The number of nitrogens with zero attached hydrogens (tertiary/aromatic N) is 1. The summed E-state index contributed by atoms with van der Waals surface area (Å²) in [4.78, 5) is 140. The van der Waals surface area contributed by atoms with E-state index in [0.29, 0.717) is 45.2 Å². The molecule has 0 saturated carbocycles. The first-order chi connectivity index (χ1) is 30.3. The maximum atomic E-state index is 13.3. The molecule has 64 heavy (non-hydrogen) atoms. The SMILES string of the molecule is CC(C)C[C@H](NC(=O)CNC(=O)[C@H](CO)NC(=O)[C@H](CCC(N)=O)NC(=O)CNC(=O)[C@@H]1CCCN1)C(=O)N[C@@H](C)C(=O)NCC(=O)N1CCC[C@H]1C(=O)N[C@@H](CCCCN)C(=O)O. The molecule has 0 aromatic rings. The maximum absolute atomic E-state index is 13.3. The standard InChI is InChI=1S/C39H66N12O13/c1-21(2)16-26(37(61)46-22(3)33(57)45-19-32(56)51-15-7-10-28(51)38(62)49-25(39(63)64)8-4-5-13-40)48-31(55)18-44-35(59)27(20-52)50-36(60)24(11-12-29(41)53)47-30(54)17-43-34(58)23-9-6-14-42-23/h21-28,42,52H,4-20,40H2,1-3H3,(H2,41,53)(H,43,58)(H,44,59)(H,45,57)(H,46,61)(H,47,54)(H,48,55)(H,49,62)(H,50,60)(H,63,64)/t22-,23-,24-,25-,26-,27-,28-/m0/s1. The number of carbonyl (C=O) groups is 11. The lowest BCUT2D eigenvalue weighted by Gasteiger charge is -2.26. The number of hydrogen-bond acceptors (Lipinski definition) is 14. The van der Waals surface area contributed by atoms with Crippen LogP contribution in [0.2, 0.25) is 0 Å². The summed E-state index contributed by atoms with van der Waals surface area (Å²) in [5.41, 5.74) is 10.7. The molecule has 2 fully saturated rings. The number of aliphatic carboxylic acids is 1. The number of unbranched alkanes of at least 4 members (excludes halogenated alkanes) is 1. The minimum atomic E-state index is -1.63. The molecule has 0 bridgehead atoms. The lowest BCUT2D eigenvalue weighted by molar-refractivity contribution is -0.144. The first-order valence-corrected chi connectivity index (χ1v) is 21.5. The number of aliphatic hydroxyl groups is 1. The summed E-state index contributed by atoms with van der Waals surface area (Å²) in [5, 5.41) is 41.5. The highest BCUT2D eigenvalue weighted by Gasteiger charge is 2.36. The molecule has 2 aliphatic rings. The molecule has 2 saturated heterocycles. The number of amides is 10. The molecule has 7 atom stereocenters. The van der Waals surface area contributed by atoms with Crippen molar-refractivity contribution in [2.75, 3.05) is 45.9 Å². The molecular weight excluding hydrogens is 844 g/mol. The van der Waals surface area contributed by atoms with E-state index in [0.717, 1.165) is 6.42 Å². The van der Waals surface area contributed by atoms with Gasteiger partial charge in [0.2, 0.25) is 59.1 Å². The summed E-state index contributed by atoms with van der Waals surface area (Å²) in [6.07, 6.45) is 2.87. The van der Waals surface area contributed by atoms with E-state index >= 15 is 0 Å². The maximum Gasteiger partial charge on any atom is 0.326 e. The van der Waals surface area contributed by atoms with E-state index in [-0.39, 0.29) is 38.1 Å². The van der Waals surface area contributed by atoms with E-state index in [1.165, 1.54) is 11.8 Å². The van der Waals surface area contributed by atoms with Crippen LogP contribution in [0.3, 0.4) is 0 Å². The monoisotopic (exact) mass is 910 g/mol. The summed E-state index contributed by atoms with van der Waals surface area (Å²) in [6, 6.07) is -7.98. The summed E-state index contributed by atoms with van der Waals surface area (Å²) < 4.78 is 0. The van der Waals surface area contributed by atoms with Gasteiger partial charge < -0.3 is 74.4 Å². The van der Waals surface area contributed by atoms with Crippen molar-refractivity contribution in [3.05, 3.63) is 0 Å². The van der Waals surface area contributed by atoms with Crippen LogP contribution in [-0.2, 0) is 52.7 Å². The van der Waals surface area contributed by atoms with Gasteiger partial charge in [0, 0.05) is 13.0 Å². The Balaban J connectivity index is 1.92. The van der Waals surface area contributed by atoms with Crippen LogP contribution in [0.5, 0.6) is 0 Å². The van der Waals surface area contributed by atoms with E-state index in [1.54, 1.807) is 13.8 Å². The van der Waals surface area contributed by atoms with Crippen LogP contribution in [0, 0.1) is 5.92 Å². The topological polar surface area (TPSA) is 392 Å². The van der Waals surface area contributed by atoms with E-state index in [9.17, 15) is 63.0 Å². The Morgan fingerprint density at radius 1 is 0.688 bits per heavy atom. The van der Waals surface area contributed by atoms with E-state index in [4.69, 9.17) is 11.5 Å². The third-order valence-electron chi connectivity index (χ3n) is 10.3. The molecule has 0 aromatic heterocycles. The number of carboxylic acid groups (broad SMARTS) is 1. The third kappa shape index (κ3) is 19.2. The van der Waals surface area contributed by atoms with Gasteiger partial charge in [0.05, 0.1) is 32.3 Å². The number of nitrogens with two attached hydrogens (primary N) is 2. The molecule has 0 unspecified atom stereocenters. The number of rotatable bonds is 28. The summed E-state index contributed by atoms with van der Waals surface area (Å²) in [5.74, 6) is -8.93. The average Bonchev–Trinajstić information content (AvgIpc) is 3.97. The third-order valence-corrected chi connectivity index (χ3v) is 10.3. The van der Waals surface area contributed by atoms with Crippen molar-refractivity contribution < 1.29 is 63.0 Å². The zero-order valence-corrected chi connectivity index (χ0v) is 36.6. The van der Waals surface area contributed by atoms with Gasteiger partial charge in [0.15, 0.2) is 0 Å². The Hall–Kier alpha value is -5.95. The van der Waals surface area contributed by atoms with Crippen molar-refractivity contribution in [1.29, 1.82) is 0 Å². The molecule has 0 radical (unpaired) electrons. The van der Waals surface area contributed by atoms with Gasteiger partial charge in [-0.15, -0.1) is 0 Å². The van der Waals surface area contributed by atoms with E-state index < -0.39 is 134 Å². The largest absolute Gasteiger partial charge is 0.480 e. The fourth-order valence-corrected chi connectivity index (χ4v) is 6.86. The van der Waals surface area contributed by atoms with Gasteiger partial charge in [-0.2, -0.15) is 0 Å². The molecule has 0 aliphatic carbocycles. The molecule has 2 rings (SSSR count). The number of likely N-dealkylation sites (tertiary alicyclic amines) is 1. The van der Waals surface area contributed by atoms with Crippen molar-refractivity contribution in [2.45, 2.75) is 127 Å². The zero-order valence-electron chi connectivity index (χ0n) is 36.6. The van der Waals surface area contributed by atoms with E-state index in [1.807, 2.05) is 0 Å². The van der Waals surface area contributed by atoms with Gasteiger partial charge in [0.25, 0.3) is 0 Å². The molecule has 25 nitrogen and oxygen atoms in total. The second-order valence-electron chi connectivity index (χ2n) is 16.1. The highest BCUT2D eigenvalue weighted by Crippen LogP contribution is 2.18. The highest BCUT2D eigenvalue weighted by molar-refractivity contribution is 5.97. The van der Waals surface area contributed by atoms with Gasteiger partial charge in [-0.1, -0.05) is 13.8 Å². The van der Waals surface area contributed by atoms with Crippen LogP contribution in [0.4, 0.5) is 0 Å². The summed E-state index contributed by atoms with van der Waals surface area (Å²) >= 11 is 0. The summed E-state index contributed by atoms with van der Waals surface area (Å²) in [6.45, 7) is 3.43. The number of hydrogen-bond donors (Lipinski definition) is 13. The Kier molecular flexibility index (Phi) is 23.7. The lowest BCUT2D eigenvalue weighted by Crippen LogP contribution is -2.57. The molecule has 2 aliphatic heterocycles. The number of carbonyl (C=O) groups excluding carboxylic acids is 10. The number of primary amides is 1. The first-order valence-electron chi connectivity index (χ1n) is 21.5. The van der Waals surface area contributed by atoms with Crippen LogP contribution in [-0.4, -0.2) is 168 Å². The number of nitrogens with one attached hydrogen (secondary N) is 9. The fraction of sp³-hybridized carbons (Fsp3) is 0.718. The first kappa shape index (κ1) is 54.2. The number of carboxylic acids is 1. The van der Waals surface area contributed by atoms with E-state index in [2.05, 4.69) is 47.9 Å². The van der Waals surface area contributed by atoms with Crippen molar-refractivity contribution in [3.63, 3.8) is 0 Å². The van der Waals surface area contributed by atoms with Crippen LogP contribution in [0.15, 0.2) is 0 Å². The van der Waals surface area contributed by atoms with Crippen LogP contribution >= 0.6 is 0 Å². The average molecular weight is 911 g/mol. The van der Waals surface area contributed by atoms with Crippen molar-refractivity contribution in [1.82, 2.24) is 52.8 Å². The molecule has 0 aromatic carbocycles. The molecular formula is C39H66N12O13. The molecule has 25 heteroatoms. The smallest absolute Gasteiger partial charge is 0.326 e. The lowest BCUT2D eigenvalue weighted by atomic mass is 10.0. The quantitative estimate of drug-likeness (QED) is 0.0325. The predicted octanol–water partition coefficient (Wildman–Crippen LogP) is -5.96. The highest BCUT2D eigenvalue weighted by atomic mass is 16.4. The number of aliphatic hydroxyl groups excluding tert-OH is 1. The molecule has 0 spiro atoms. The van der Waals surface area contributed by atoms with Gasteiger partial charge in [0.1, 0.15) is 36.3 Å². The van der Waals surface area contributed by atoms with Crippen LogP contribution in [0.25, 0.3) is 0 Å². The van der Waals surface area contributed by atoms with Gasteiger partial charge in [-0.3, -0.25) is 47.9 Å². The summed E-state index contributed by atoms with van der Waals surface area (Å²) in [7, 11) is 0. The Morgan fingerprint density at radius 2 is 1.33 bits per heavy atom. The predicted molar refractivity (Wildman–Crippen MR) is 226 cm³/mol. The van der Waals surface area contributed by atoms with Crippen molar-refractivity contribution >= 4 is 65.0 Å². The van der Waals surface area contributed by atoms with Crippen molar-refractivity contribution in [3.8, 4) is 0 Å². The Bertz CT molecular complexity index is 1680. The normalized spacial score (nSPS) is 18.0. The second-order valence-corrected chi connectivity index (χ2v) is 16.1. The Morgan fingerprint density at radius 3 is 1.92 bits per heavy atom. The van der Waals surface area contributed by atoms with Gasteiger partial charge in [-0.05, 0) is 83.7 Å². The zero-order chi connectivity index (χ0) is 47.9. The Labute approximate surface area is 370 Å². The minimum Gasteiger partial charge on any atom is -0.480 e. The minimum absolute atomic E-state index is 0.0986.